The molecule has 0 spiro atoms. The largest absolute Gasteiger partial charge is 0.329 e. The van der Waals surface area contributed by atoms with Gasteiger partial charge in [0.15, 0.2) is 0 Å². The SMILES string of the molecule is O=C(c1cccc(Cl)c1)N1CCSC1. The minimum Gasteiger partial charge on any atom is -0.329 e. The van der Waals surface area contributed by atoms with Crippen molar-refractivity contribution in [2.75, 3.05) is 18.2 Å². The summed E-state index contributed by atoms with van der Waals surface area (Å²) in [4.78, 5) is 13.7. The fraction of sp³-hybridized carbons (Fsp3) is 0.300. The number of hydrogen-bond donors (Lipinski definition) is 0. The summed E-state index contributed by atoms with van der Waals surface area (Å²) in [7, 11) is 0. The van der Waals surface area contributed by atoms with Crippen LogP contribution >= 0.6 is 23.4 Å². The van der Waals surface area contributed by atoms with Crippen LogP contribution in [0.4, 0.5) is 0 Å². The maximum absolute atomic E-state index is 11.9. The Balaban J connectivity index is 2.17. The van der Waals surface area contributed by atoms with Crippen molar-refractivity contribution in [3.05, 3.63) is 34.9 Å². The van der Waals surface area contributed by atoms with Crippen LogP contribution in [0.2, 0.25) is 5.02 Å². The topological polar surface area (TPSA) is 20.3 Å². The molecule has 14 heavy (non-hydrogen) atoms. The first-order valence-electron chi connectivity index (χ1n) is 4.40. The van der Waals surface area contributed by atoms with E-state index in [1.54, 1.807) is 36.0 Å². The highest BCUT2D eigenvalue weighted by Gasteiger charge is 2.19. The molecule has 0 radical (unpaired) electrons. The van der Waals surface area contributed by atoms with Crippen LogP contribution in [0.3, 0.4) is 0 Å². The Morgan fingerprint density at radius 3 is 3.00 bits per heavy atom. The number of nitrogens with zero attached hydrogens (tertiary/aromatic N) is 1. The number of thioether (sulfide) groups is 1. The first-order valence-corrected chi connectivity index (χ1v) is 5.93. The standard InChI is InChI=1S/C10H10ClNOS/c11-9-3-1-2-8(6-9)10(13)12-4-5-14-7-12/h1-3,6H,4-5,7H2. The van der Waals surface area contributed by atoms with Gasteiger partial charge in [-0.2, -0.15) is 0 Å². The van der Waals surface area contributed by atoms with Crippen LogP contribution in [0.15, 0.2) is 24.3 Å². The van der Waals surface area contributed by atoms with Gasteiger partial charge in [0.05, 0.1) is 5.88 Å². The van der Waals surface area contributed by atoms with Gasteiger partial charge >= 0.3 is 0 Å². The molecule has 1 aliphatic rings. The molecule has 1 aromatic rings. The molecule has 74 valence electrons. The van der Waals surface area contributed by atoms with Crippen LogP contribution in [0.1, 0.15) is 10.4 Å². The van der Waals surface area contributed by atoms with Gasteiger partial charge in [0.2, 0.25) is 0 Å². The van der Waals surface area contributed by atoms with E-state index in [0.29, 0.717) is 10.6 Å². The van der Waals surface area contributed by atoms with Crippen molar-refractivity contribution >= 4 is 29.3 Å². The lowest BCUT2D eigenvalue weighted by Crippen LogP contribution is -2.27. The third-order valence-electron chi connectivity index (χ3n) is 2.11. The monoisotopic (exact) mass is 227 g/mol. The summed E-state index contributed by atoms with van der Waals surface area (Å²) in [6, 6.07) is 7.10. The van der Waals surface area contributed by atoms with Gasteiger partial charge in [0.25, 0.3) is 5.91 Å². The van der Waals surface area contributed by atoms with Crippen LogP contribution < -0.4 is 0 Å². The second-order valence-electron chi connectivity index (χ2n) is 3.12. The summed E-state index contributed by atoms with van der Waals surface area (Å²) >= 11 is 7.60. The second-order valence-corrected chi connectivity index (χ2v) is 4.63. The predicted molar refractivity (Wildman–Crippen MR) is 59.8 cm³/mol. The highest BCUT2D eigenvalue weighted by molar-refractivity contribution is 7.99. The molecule has 4 heteroatoms. The Hall–Kier alpha value is -0.670. The summed E-state index contributed by atoms with van der Waals surface area (Å²) in [5, 5.41) is 0.614. The Kier molecular flexibility index (Phi) is 2.99. The lowest BCUT2D eigenvalue weighted by Gasteiger charge is -2.14. The number of benzene rings is 1. The van der Waals surface area contributed by atoms with Gasteiger partial charge in [0.1, 0.15) is 0 Å². The molecule has 0 unspecified atom stereocenters. The van der Waals surface area contributed by atoms with Crippen molar-refractivity contribution in [1.82, 2.24) is 4.90 Å². The fourth-order valence-corrected chi connectivity index (χ4v) is 2.51. The Labute approximate surface area is 92.2 Å². The number of hydrogen-bond acceptors (Lipinski definition) is 2. The Bertz CT molecular complexity index is 350. The molecule has 2 rings (SSSR count). The number of carbonyl (C=O) groups is 1. The average Bonchev–Trinajstić information content (AvgIpc) is 2.69. The van der Waals surface area contributed by atoms with Gasteiger partial charge in [-0.1, -0.05) is 17.7 Å². The number of carbonyl (C=O) groups excluding carboxylic acids is 1. The molecule has 0 aliphatic carbocycles. The van der Waals surface area contributed by atoms with Crippen LogP contribution in [-0.4, -0.2) is 29.0 Å². The van der Waals surface area contributed by atoms with Crippen molar-refractivity contribution in [2.45, 2.75) is 0 Å². The lowest BCUT2D eigenvalue weighted by atomic mass is 10.2. The van der Waals surface area contributed by atoms with Gasteiger partial charge in [-0.15, -0.1) is 11.8 Å². The molecule has 0 bridgehead atoms. The highest BCUT2D eigenvalue weighted by Crippen LogP contribution is 2.18. The van der Waals surface area contributed by atoms with E-state index in [2.05, 4.69) is 0 Å². The summed E-state index contributed by atoms with van der Waals surface area (Å²) < 4.78 is 0. The Morgan fingerprint density at radius 2 is 2.36 bits per heavy atom. The molecule has 0 N–H and O–H groups in total. The summed E-state index contributed by atoms with van der Waals surface area (Å²) in [6.07, 6.45) is 0. The average molecular weight is 228 g/mol. The zero-order valence-electron chi connectivity index (χ0n) is 7.57. The molecule has 1 heterocycles. The van der Waals surface area contributed by atoms with Crippen LogP contribution in [0.25, 0.3) is 0 Å². The van der Waals surface area contributed by atoms with E-state index in [1.807, 2.05) is 4.90 Å². The van der Waals surface area contributed by atoms with Crippen molar-refractivity contribution in [1.29, 1.82) is 0 Å². The van der Waals surface area contributed by atoms with Crippen LogP contribution in [0, 0.1) is 0 Å². The predicted octanol–water partition coefficient (Wildman–Crippen LogP) is 2.49. The van der Waals surface area contributed by atoms with Gasteiger partial charge in [-0.25, -0.2) is 0 Å². The van der Waals surface area contributed by atoms with Gasteiger partial charge < -0.3 is 4.90 Å². The molecule has 1 aromatic carbocycles. The van der Waals surface area contributed by atoms with E-state index < -0.39 is 0 Å². The first-order chi connectivity index (χ1) is 6.77. The number of rotatable bonds is 1. The van der Waals surface area contributed by atoms with Crippen LogP contribution in [-0.2, 0) is 0 Å². The summed E-state index contributed by atoms with van der Waals surface area (Å²) in [5.41, 5.74) is 0.681. The molecule has 1 fully saturated rings. The molecular weight excluding hydrogens is 218 g/mol. The zero-order valence-corrected chi connectivity index (χ0v) is 9.14. The second kappa shape index (κ2) is 4.24. The van der Waals surface area contributed by atoms with E-state index in [4.69, 9.17) is 11.6 Å². The van der Waals surface area contributed by atoms with Crippen molar-refractivity contribution in [3.8, 4) is 0 Å². The molecule has 2 nitrogen and oxygen atoms in total. The van der Waals surface area contributed by atoms with Gasteiger partial charge in [0, 0.05) is 22.9 Å². The fourth-order valence-electron chi connectivity index (χ4n) is 1.38. The van der Waals surface area contributed by atoms with E-state index in [9.17, 15) is 4.79 Å². The summed E-state index contributed by atoms with van der Waals surface area (Å²) in [5.74, 6) is 1.91. The lowest BCUT2D eigenvalue weighted by molar-refractivity contribution is 0.0803. The van der Waals surface area contributed by atoms with E-state index >= 15 is 0 Å². The van der Waals surface area contributed by atoms with Crippen molar-refractivity contribution in [3.63, 3.8) is 0 Å². The zero-order chi connectivity index (χ0) is 9.97. The van der Waals surface area contributed by atoms with E-state index in [1.165, 1.54) is 0 Å². The van der Waals surface area contributed by atoms with Gasteiger partial charge in [-0.3, -0.25) is 4.79 Å². The Morgan fingerprint density at radius 1 is 1.50 bits per heavy atom. The molecule has 1 saturated heterocycles. The quantitative estimate of drug-likeness (QED) is 0.735. The van der Waals surface area contributed by atoms with Gasteiger partial charge in [-0.05, 0) is 18.2 Å². The third kappa shape index (κ3) is 2.04. The molecule has 0 atom stereocenters. The van der Waals surface area contributed by atoms with E-state index in [-0.39, 0.29) is 5.91 Å². The third-order valence-corrected chi connectivity index (χ3v) is 3.31. The molecule has 1 aliphatic heterocycles. The maximum atomic E-state index is 11.9. The van der Waals surface area contributed by atoms with Crippen molar-refractivity contribution in [2.24, 2.45) is 0 Å². The molecule has 0 saturated carbocycles. The minimum atomic E-state index is 0.0810. The number of amides is 1. The molecule has 0 aromatic heterocycles. The minimum absolute atomic E-state index is 0.0810. The van der Waals surface area contributed by atoms with E-state index in [0.717, 1.165) is 18.2 Å². The maximum Gasteiger partial charge on any atom is 0.254 e. The summed E-state index contributed by atoms with van der Waals surface area (Å²) in [6.45, 7) is 0.843. The highest BCUT2D eigenvalue weighted by atomic mass is 35.5. The van der Waals surface area contributed by atoms with Crippen LogP contribution in [0.5, 0.6) is 0 Å². The molecular formula is C10H10ClNOS. The van der Waals surface area contributed by atoms with Crippen molar-refractivity contribution < 1.29 is 4.79 Å². The molecule has 1 amide bonds. The smallest absolute Gasteiger partial charge is 0.254 e. The number of halogens is 1. The normalized spacial score (nSPS) is 15.9. The first kappa shape index (κ1) is 9.87.